The molecule has 1 aromatic heterocycles. The molecule has 1 aliphatic heterocycles. The molecule has 1 aliphatic carbocycles. The zero-order valence-electron chi connectivity index (χ0n) is 17.9. The number of halogens is 1. The first-order valence-corrected chi connectivity index (χ1v) is 11.7. The highest BCUT2D eigenvalue weighted by atomic mass is 35.5. The van der Waals surface area contributed by atoms with E-state index in [1.54, 1.807) is 7.11 Å². The molecule has 0 radical (unpaired) electrons. The highest BCUT2D eigenvalue weighted by molar-refractivity contribution is 7.71. The van der Waals surface area contributed by atoms with E-state index in [1.807, 2.05) is 47.4 Å². The molecule has 0 unspecified atom stereocenters. The number of likely N-dealkylation sites (tertiary alicyclic amines) is 1. The lowest BCUT2D eigenvalue weighted by molar-refractivity contribution is -0.131. The standard InChI is InChI=1S/C24H25ClN4O2S/c1-31-19-8-9-20(21(25)12-19)16-2-4-17(5-3-16)22-26-27-24(32)29(22)14-15-10-11-28(13-15)23(30)18-6-7-18/h2-5,8-9,12,15,18H,6-7,10-11,13-14H2,1H3,(H,27,32)/t15-/m1/s1. The van der Waals surface area contributed by atoms with Gasteiger partial charge in [-0.1, -0.05) is 35.9 Å². The van der Waals surface area contributed by atoms with Crippen molar-refractivity contribution < 1.29 is 9.53 Å². The summed E-state index contributed by atoms with van der Waals surface area (Å²) in [6, 6.07) is 13.8. The molecule has 2 heterocycles. The van der Waals surface area contributed by atoms with Gasteiger partial charge in [-0.3, -0.25) is 14.5 Å². The third kappa shape index (κ3) is 4.19. The normalized spacial score (nSPS) is 18.2. The van der Waals surface area contributed by atoms with Crippen molar-refractivity contribution in [2.45, 2.75) is 25.8 Å². The fourth-order valence-electron chi connectivity index (χ4n) is 4.39. The van der Waals surface area contributed by atoms with Crippen LogP contribution in [0, 0.1) is 16.6 Å². The van der Waals surface area contributed by atoms with Crippen LogP contribution in [0.3, 0.4) is 0 Å². The van der Waals surface area contributed by atoms with Gasteiger partial charge in [0, 0.05) is 36.7 Å². The number of aromatic nitrogens is 3. The minimum absolute atomic E-state index is 0.276. The quantitative estimate of drug-likeness (QED) is 0.505. The molecule has 1 N–H and O–H groups in total. The summed E-state index contributed by atoms with van der Waals surface area (Å²) in [5, 5.41) is 8.07. The van der Waals surface area contributed by atoms with Crippen molar-refractivity contribution in [1.29, 1.82) is 0 Å². The number of nitrogens with one attached hydrogen (secondary N) is 1. The predicted molar refractivity (Wildman–Crippen MR) is 127 cm³/mol. The molecule has 6 nitrogen and oxygen atoms in total. The number of hydrogen-bond donors (Lipinski definition) is 1. The number of methoxy groups -OCH3 is 1. The molecule has 32 heavy (non-hydrogen) atoms. The van der Waals surface area contributed by atoms with E-state index in [0.29, 0.717) is 21.6 Å². The Morgan fingerprint density at radius 2 is 1.94 bits per heavy atom. The van der Waals surface area contributed by atoms with Crippen LogP contribution in [0.1, 0.15) is 19.3 Å². The summed E-state index contributed by atoms with van der Waals surface area (Å²) in [4.78, 5) is 14.4. The number of rotatable bonds is 6. The molecule has 5 rings (SSSR count). The third-order valence-electron chi connectivity index (χ3n) is 6.35. The van der Waals surface area contributed by atoms with Gasteiger partial charge in [0.15, 0.2) is 10.6 Å². The second kappa shape index (κ2) is 8.71. The van der Waals surface area contributed by atoms with Gasteiger partial charge in [0.05, 0.1) is 12.1 Å². The molecular weight excluding hydrogens is 444 g/mol. The summed E-state index contributed by atoms with van der Waals surface area (Å²) in [6.07, 6.45) is 3.10. The van der Waals surface area contributed by atoms with Gasteiger partial charge in [0.1, 0.15) is 5.75 Å². The second-order valence-electron chi connectivity index (χ2n) is 8.60. The number of benzene rings is 2. The van der Waals surface area contributed by atoms with Gasteiger partial charge in [-0.15, -0.1) is 0 Å². The number of carbonyl (C=O) groups is 1. The molecule has 0 spiro atoms. The van der Waals surface area contributed by atoms with E-state index in [0.717, 1.165) is 67.2 Å². The van der Waals surface area contributed by atoms with Crippen LogP contribution in [-0.4, -0.2) is 45.8 Å². The monoisotopic (exact) mass is 468 g/mol. The lowest BCUT2D eigenvalue weighted by Gasteiger charge is -2.17. The molecule has 166 valence electrons. The summed E-state index contributed by atoms with van der Waals surface area (Å²) < 4.78 is 7.90. The largest absolute Gasteiger partial charge is 0.497 e. The van der Waals surface area contributed by atoms with Gasteiger partial charge >= 0.3 is 0 Å². The predicted octanol–water partition coefficient (Wildman–Crippen LogP) is 5.20. The van der Waals surface area contributed by atoms with Gasteiger partial charge in [0.25, 0.3) is 0 Å². The number of H-pyrrole nitrogens is 1. The molecule has 3 aromatic rings. The maximum Gasteiger partial charge on any atom is 0.225 e. The first kappa shape index (κ1) is 21.2. The van der Waals surface area contributed by atoms with Crippen molar-refractivity contribution in [1.82, 2.24) is 19.7 Å². The van der Waals surface area contributed by atoms with Gasteiger partial charge in [-0.05, 0) is 61.2 Å². The first-order chi connectivity index (χ1) is 15.5. The number of hydrogen-bond acceptors (Lipinski definition) is 4. The van der Waals surface area contributed by atoms with Crippen molar-refractivity contribution in [3.8, 4) is 28.3 Å². The van der Waals surface area contributed by atoms with E-state index in [4.69, 9.17) is 28.6 Å². The molecule has 2 aromatic carbocycles. The zero-order chi connectivity index (χ0) is 22.2. The molecule has 8 heteroatoms. The van der Waals surface area contributed by atoms with Crippen molar-refractivity contribution in [3.05, 3.63) is 52.3 Å². The van der Waals surface area contributed by atoms with E-state index in [9.17, 15) is 4.79 Å². The Kier molecular flexibility index (Phi) is 5.78. The molecule has 2 aliphatic rings. The first-order valence-electron chi connectivity index (χ1n) is 10.9. The van der Waals surface area contributed by atoms with E-state index in [1.165, 1.54) is 0 Å². The molecule has 1 amide bonds. The second-order valence-corrected chi connectivity index (χ2v) is 9.39. The maximum atomic E-state index is 12.4. The number of ether oxygens (including phenoxy) is 1. The third-order valence-corrected chi connectivity index (χ3v) is 6.98. The maximum absolute atomic E-state index is 12.4. The minimum atomic E-state index is 0.276. The Morgan fingerprint density at radius 1 is 1.19 bits per heavy atom. The summed E-state index contributed by atoms with van der Waals surface area (Å²) >= 11 is 12.0. The number of nitrogens with zero attached hydrogens (tertiary/aromatic N) is 3. The lowest BCUT2D eigenvalue weighted by atomic mass is 10.0. The molecule has 1 saturated heterocycles. The van der Waals surface area contributed by atoms with Gasteiger partial charge < -0.3 is 9.64 Å². The van der Waals surface area contributed by atoms with Gasteiger partial charge in [0.2, 0.25) is 5.91 Å². The topological polar surface area (TPSA) is 63.1 Å². The molecule has 1 atom stereocenters. The summed E-state index contributed by atoms with van der Waals surface area (Å²) in [6.45, 7) is 2.40. The van der Waals surface area contributed by atoms with Crippen molar-refractivity contribution in [2.75, 3.05) is 20.2 Å². The van der Waals surface area contributed by atoms with E-state index < -0.39 is 0 Å². The Labute approximate surface area is 197 Å². The Morgan fingerprint density at radius 3 is 2.62 bits per heavy atom. The summed E-state index contributed by atoms with van der Waals surface area (Å²) in [5.41, 5.74) is 2.95. The summed E-state index contributed by atoms with van der Waals surface area (Å²) in [7, 11) is 1.63. The van der Waals surface area contributed by atoms with Crippen LogP contribution in [0.25, 0.3) is 22.5 Å². The number of aromatic amines is 1. The van der Waals surface area contributed by atoms with Gasteiger partial charge in [-0.2, -0.15) is 5.10 Å². The van der Waals surface area contributed by atoms with Gasteiger partial charge in [-0.25, -0.2) is 0 Å². The highest BCUT2D eigenvalue weighted by Gasteiger charge is 2.36. The van der Waals surface area contributed by atoms with E-state index in [2.05, 4.69) is 14.8 Å². The van der Waals surface area contributed by atoms with Crippen LogP contribution in [0.2, 0.25) is 5.02 Å². The average Bonchev–Trinajstić information content (AvgIpc) is 3.46. The van der Waals surface area contributed by atoms with Crippen molar-refractivity contribution in [2.24, 2.45) is 11.8 Å². The fourth-order valence-corrected chi connectivity index (χ4v) is 4.88. The Bertz CT molecular complexity index is 1200. The number of amides is 1. The van der Waals surface area contributed by atoms with E-state index >= 15 is 0 Å². The smallest absolute Gasteiger partial charge is 0.225 e. The van der Waals surface area contributed by atoms with Crippen LogP contribution < -0.4 is 4.74 Å². The Hall–Kier alpha value is -2.64. The molecule has 2 fully saturated rings. The van der Waals surface area contributed by atoms with Crippen LogP contribution in [0.15, 0.2) is 42.5 Å². The van der Waals surface area contributed by atoms with Crippen molar-refractivity contribution >= 4 is 29.7 Å². The SMILES string of the molecule is COc1ccc(-c2ccc(-c3n[nH]c(=S)n3C[C@@H]3CCN(C(=O)C4CC4)C3)cc2)c(Cl)c1. The highest BCUT2D eigenvalue weighted by Crippen LogP contribution is 2.34. The molecular formula is C24H25ClN4O2S. The Balaban J connectivity index is 1.34. The minimum Gasteiger partial charge on any atom is -0.497 e. The average molecular weight is 469 g/mol. The van der Waals surface area contributed by atoms with Crippen LogP contribution in [-0.2, 0) is 11.3 Å². The van der Waals surface area contributed by atoms with Crippen molar-refractivity contribution in [3.63, 3.8) is 0 Å². The van der Waals surface area contributed by atoms with Crippen LogP contribution in [0.5, 0.6) is 5.75 Å². The lowest BCUT2D eigenvalue weighted by Crippen LogP contribution is -2.30. The van der Waals surface area contributed by atoms with E-state index in [-0.39, 0.29) is 5.92 Å². The molecule has 0 bridgehead atoms. The van der Waals surface area contributed by atoms with Crippen LogP contribution in [0.4, 0.5) is 0 Å². The molecule has 1 saturated carbocycles. The number of carbonyl (C=O) groups excluding carboxylic acids is 1. The van der Waals surface area contributed by atoms with Crippen LogP contribution >= 0.6 is 23.8 Å². The zero-order valence-corrected chi connectivity index (χ0v) is 19.5. The fraction of sp³-hybridized carbons (Fsp3) is 0.375. The summed E-state index contributed by atoms with van der Waals surface area (Å²) in [5.74, 6) is 2.54.